The van der Waals surface area contributed by atoms with E-state index in [9.17, 15) is 4.79 Å². The lowest BCUT2D eigenvalue weighted by Crippen LogP contribution is -2.44. The second-order valence-corrected chi connectivity index (χ2v) is 10.6. The Hall–Kier alpha value is -4.40. The molecule has 0 radical (unpaired) electrons. The number of rotatable bonds is 5. The molecule has 0 spiro atoms. The van der Waals surface area contributed by atoms with Crippen molar-refractivity contribution < 1.29 is 9.32 Å². The first-order valence-corrected chi connectivity index (χ1v) is 13.3. The van der Waals surface area contributed by atoms with Gasteiger partial charge in [0, 0.05) is 42.5 Å². The van der Waals surface area contributed by atoms with Crippen LogP contribution in [-0.2, 0) is 11.8 Å². The zero-order chi connectivity index (χ0) is 27.1. The molecule has 1 aromatic carbocycles. The summed E-state index contributed by atoms with van der Waals surface area (Å²) in [6.45, 7) is 9.48. The molecule has 5 aromatic rings. The van der Waals surface area contributed by atoms with Crippen molar-refractivity contribution >= 4 is 11.6 Å². The minimum absolute atomic E-state index is 0.0488. The van der Waals surface area contributed by atoms with Gasteiger partial charge in [0.1, 0.15) is 11.3 Å². The number of amides is 1. The van der Waals surface area contributed by atoms with Crippen molar-refractivity contribution in [2.24, 2.45) is 0 Å². The topological polar surface area (TPSA) is 102 Å². The van der Waals surface area contributed by atoms with Crippen molar-refractivity contribution in [3.63, 3.8) is 0 Å². The van der Waals surface area contributed by atoms with Crippen LogP contribution in [0.1, 0.15) is 64.0 Å². The van der Waals surface area contributed by atoms with Crippen molar-refractivity contribution in [2.75, 3.05) is 13.1 Å². The minimum Gasteiger partial charge on any atom is -0.338 e. The quantitative estimate of drug-likeness (QED) is 0.325. The van der Waals surface area contributed by atoms with E-state index in [4.69, 9.17) is 9.51 Å². The first-order chi connectivity index (χ1) is 18.8. The monoisotopic (exact) mass is 521 g/mol. The fourth-order valence-electron chi connectivity index (χ4n) is 5.38. The van der Waals surface area contributed by atoms with Crippen LogP contribution in [0.2, 0.25) is 0 Å². The van der Waals surface area contributed by atoms with E-state index in [2.05, 4.69) is 58.3 Å². The molecular weight excluding hydrogens is 490 g/mol. The highest BCUT2D eigenvalue weighted by molar-refractivity contribution is 5.99. The number of fused-ring (bicyclic) bond motifs is 1. The number of likely N-dealkylation sites (tertiary alicyclic amines) is 1. The molecule has 9 heteroatoms. The Kier molecular flexibility index (Phi) is 6.21. The van der Waals surface area contributed by atoms with Gasteiger partial charge in [0.05, 0.1) is 6.20 Å². The van der Waals surface area contributed by atoms with E-state index in [0.29, 0.717) is 41.7 Å². The third-order valence-corrected chi connectivity index (χ3v) is 8.07. The average Bonchev–Trinajstić information content (AvgIpc) is 3.61. The largest absolute Gasteiger partial charge is 0.338 e. The summed E-state index contributed by atoms with van der Waals surface area (Å²) < 4.78 is 7.31. The molecule has 5 heterocycles. The standard InChI is InChI=1S/C30H31N7O2/c1-19-9-5-6-10-22(19)17-23-20(2)33-26-24(18-32-37(26)21(23)3)28(38)36-15-12-30(4,13-16-36)29-34-27(39-35-29)25-11-7-8-14-31-25/h5-11,14,18H,12-13,15-17H2,1-4H3. The number of benzene rings is 1. The molecule has 0 saturated carbocycles. The molecule has 0 atom stereocenters. The maximum Gasteiger partial charge on any atom is 0.276 e. The molecule has 39 heavy (non-hydrogen) atoms. The van der Waals surface area contributed by atoms with Crippen molar-refractivity contribution in [1.29, 1.82) is 0 Å². The Morgan fingerprint density at radius 3 is 2.54 bits per heavy atom. The highest BCUT2D eigenvalue weighted by Gasteiger charge is 2.38. The van der Waals surface area contributed by atoms with Gasteiger partial charge in [0.15, 0.2) is 11.5 Å². The second-order valence-electron chi connectivity index (χ2n) is 10.6. The fraction of sp³-hybridized carbons (Fsp3) is 0.333. The SMILES string of the molecule is Cc1ccccc1Cc1c(C)nc2c(C(=O)N3CCC(C)(c4noc(-c5ccccn5)n4)CC3)cnn2c1C. The van der Waals surface area contributed by atoms with Crippen LogP contribution in [0, 0.1) is 20.8 Å². The highest BCUT2D eigenvalue weighted by Crippen LogP contribution is 2.35. The molecule has 0 aliphatic carbocycles. The van der Waals surface area contributed by atoms with Crippen LogP contribution in [0.4, 0.5) is 0 Å². The Labute approximate surface area is 226 Å². The number of carbonyl (C=O) groups is 1. The molecule has 198 valence electrons. The zero-order valence-electron chi connectivity index (χ0n) is 22.7. The molecule has 9 nitrogen and oxygen atoms in total. The van der Waals surface area contributed by atoms with E-state index >= 15 is 0 Å². The summed E-state index contributed by atoms with van der Waals surface area (Å²) >= 11 is 0. The molecular formula is C30H31N7O2. The van der Waals surface area contributed by atoms with Crippen LogP contribution in [0.3, 0.4) is 0 Å². The van der Waals surface area contributed by atoms with Crippen LogP contribution < -0.4 is 0 Å². The summed E-state index contributed by atoms with van der Waals surface area (Å²) in [5.74, 6) is 1.02. The van der Waals surface area contributed by atoms with E-state index in [1.54, 1.807) is 16.9 Å². The number of nitrogens with zero attached hydrogens (tertiary/aromatic N) is 7. The molecule has 0 unspecified atom stereocenters. The summed E-state index contributed by atoms with van der Waals surface area (Å²) in [5, 5.41) is 8.83. The Morgan fingerprint density at radius 1 is 1.03 bits per heavy atom. The van der Waals surface area contributed by atoms with E-state index in [0.717, 1.165) is 36.2 Å². The molecule has 1 amide bonds. The lowest BCUT2D eigenvalue weighted by atomic mass is 9.79. The molecule has 4 aromatic heterocycles. The summed E-state index contributed by atoms with van der Waals surface area (Å²) in [7, 11) is 0. The Balaban J connectivity index is 1.20. The molecule has 1 saturated heterocycles. The number of hydrogen-bond acceptors (Lipinski definition) is 7. The summed E-state index contributed by atoms with van der Waals surface area (Å²) in [4.78, 5) is 29.3. The van der Waals surface area contributed by atoms with Gasteiger partial charge in [-0.3, -0.25) is 9.78 Å². The molecule has 0 bridgehead atoms. The van der Waals surface area contributed by atoms with Crippen LogP contribution in [0.5, 0.6) is 0 Å². The van der Waals surface area contributed by atoms with E-state index in [1.165, 1.54) is 11.1 Å². The van der Waals surface area contributed by atoms with Gasteiger partial charge in [-0.2, -0.15) is 10.1 Å². The van der Waals surface area contributed by atoms with Crippen molar-refractivity contribution in [3.05, 3.63) is 94.3 Å². The van der Waals surface area contributed by atoms with Crippen LogP contribution in [0.25, 0.3) is 17.2 Å². The lowest BCUT2D eigenvalue weighted by Gasteiger charge is -2.37. The van der Waals surface area contributed by atoms with Crippen LogP contribution >= 0.6 is 0 Å². The van der Waals surface area contributed by atoms with Crippen LogP contribution in [-0.4, -0.2) is 53.6 Å². The van der Waals surface area contributed by atoms with Crippen molar-refractivity contribution in [3.8, 4) is 11.6 Å². The van der Waals surface area contributed by atoms with E-state index < -0.39 is 0 Å². The van der Waals surface area contributed by atoms with Gasteiger partial charge in [-0.25, -0.2) is 9.50 Å². The molecule has 0 N–H and O–H groups in total. The Morgan fingerprint density at radius 2 is 1.79 bits per heavy atom. The van der Waals surface area contributed by atoms with Gasteiger partial charge in [0.25, 0.3) is 11.8 Å². The van der Waals surface area contributed by atoms with Gasteiger partial charge >= 0.3 is 0 Å². The number of aromatic nitrogens is 6. The first-order valence-electron chi connectivity index (χ1n) is 13.3. The number of hydrogen-bond donors (Lipinski definition) is 0. The second kappa shape index (κ2) is 9.72. The lowest BCUT2D eigenvalue weighted by molar-refractivity contribution is 0.0671. The molecule has 1 aliphatic heterocycles. The maximum absolute atomic E-state index is 13.6. The summed E-state index contributed by atoms with van der Waals surface area (Å²) in [6, 6.07) is 14.0. The summed E-state index contributed by atoms with van der Waals surface area (Å²) in [6.07, 6.45) is 5.59. The minimum atomic E-state index is -0.287. The predicted molar refractivity (Wildman–Crippen MR) is 146 cm³/mol. The van der Waals surface area contributed by atoms with Crippen molar-refractivity contribution in [2.45, 2.75) is 52.4 Å². The predicted octanol–water partition coefficient (Wildman–Crippen LogP) is 4.88. The van der Waals surface area contributed by atoms with E-state index in [-0.39, 0.29) is 11.3 Å². The van der Waals surface area contributed by atoms with Crippen molar-refractivity contribution in [1.82, 2.24) is 34.6 Å². The van der Waals surface area contributed by atoms with Gasteiger partial charge in [0.2, 0.25) is 0 Å². The number of aryl methyl sites for hydroxylation is 3. The first kappa shape index (κ1) is 24.9. The third kappa shape index (κ3) is 4.47. The molecule has 1 fully saturated rings. The normalized spacial score (nSPS) is 15.1. The smallest absolute Gasteiger partial charge is 0.276 e. The zero-order valence-corrected chi connectivity index (χ0v) is 22.7. The fourth-order valence-corrected chi connectivity index (χ4v) is 5.38. The number of pyridine rings is 1. The molecule has 1 aliphatic rings. The number of carbonyl (C=O) groups excluding carboxylic acids is 1. The van der Waals surface area contributed by atoms with Gasteiger partial charge in [-0.05, 0) is 62.4 Å². The van der Waals surface area contributed by atoms with Crippen LogP contribution in [0.15, 0.2) is 59.4 Å². The van der Waals surface area contributed by atoms with Gasteiger partial charge < -0.3 is 9.42 Å². The van der Waals surface area contributed by atoms with Gasteiger partial charge in [-0.15, -0.1) is 0 Å². The maximum atomic E-state index is 13.6. The average molecular weight is 522 g/mol. The molecule has 6 rings (SSSR count). The highest BCUT2D eigenvalue weighted by atomic mass is 16.5. The third-order valence-electron chi connectivity index (χ3n) is 8.07. The summed E-state index contributed by atoms with van der Waals surface area (Å²) in [5.41, 5.74) is 7.08. The Bertz CT molecular complexity index is 1660. The number of piperidine rings is 1. The van der Waals surface area contributed by atoms with E-state index in [1.807, 2.05) is 36.9 Å². The van der Waals surface area contributed by atoms with Gasteiger partial charge in [-0.1, -0.05) is 42.4 Å².